The van der Waals surface area contributed by atoms with Gasteiger partial charge in [0, 0.05) is 12.8 Å². The van der Waals surface area contributed by atoms with Gasteiger partial charge in [0.05, 0.1) is 17.2 Å². The Kier molecular flexibility index (Phi) is 7.15. The predicted octanol–water partition coefficient (Wildman–Crippen LogP) is -0.244. The lowest BCUT2D eigenvalue weighted by molar-refractivity contribution is -0.149. The van der Waals surface area contributed by atoms with Crippen molar-refractivity contribution in [2.45, 2.75) is 39.2 Å². The van der Waals surface area contributed by atoms with Gasteiger partial charge < -0.3 is 16.2 Å². The van der Waals surface area contributed by atoms with Gasteiger partial charge in [0.1, 0.15) is 9.84 Å². The quantitative estimate of drug-likeness (QED) is 0.539. The van der Waals surface area contributed by atoms with Gasteiger partial charge in [-0.15, -0.1) is 0 Å². The number of carboxylic acids is 1. The smallest absolute Gasteiger partial charge is 0.311 e. The van der Waals surface area contributed by atoms with Crippen molar-refractivity contribution in [3.63, 3.8) is 0 Å². The lowest BCUT2D eigenvalue weighted by Gasteiger charge is -2.27. The van der Waals surface area contributed by atoms with Crippen LogP contribution in [-0.4, -0.2) is 50.0 Å². The van der Waals surface area contributed by atoms with E-state index in [1.54, 1.807) is 13.8 Å². The fourth-order valence-corrected chi connectivity index (χ4v) is 2.42. The number of sulfone groups is 1. The molecule has 0 bridgehead atoms. The van der Waals surface area contributed by atoms with Crippen molar-refractivity contribution in [2.75, 3.05) is 18.6 Å². The summed E-state index contributed by atoms with van der Waals surface area (Å²) in [4.78, 5) is 23.0. The van der Waals surface area contributed by atoms with Gasteiger partial charge in [0.2, 0.25) is 5.91 Å². The first kappa shape index (κ1) is 18.9. The van der Waals surface area contributed by atoms with Crippen LogP contribution in [0.1, 0.15) is 33.1 Å². The van der Waals surface area contributed by atoms with Crippen molar-refractivity contribution in [3.8, 4) is 0 Å². The first-order chi connectivity index (χ1) is 9.08. The van der Waals surface area contributed by atoms with Crippen molar-refractivity contribution in [1.29, 1.82) is 0 Å². The minimum absolute atomic E-state index is 0.0132. The molecule has 0 aromatic heterocycles. The van der Waals surface area contributed by atoms with Gasteiger partial charge in [-0.3, -0.25) is 9.59 Å². The maximum Gasteiger partial charge on any atom is 0.311 e. The molecule has 0 aromatic rings. The Hall–Kier alpha value is -1.15. The van der Waals surface area contributed by atoms with E-state index < -0.39 is 33.2 Å². The van der Waals surface area contributed by atoms with Crippen LogP contribution in [0, 0.1) is 5.41 Å². The summed E-state index contributed by atoms with van der Waals surface area (Å²) in [6.07, 6.45) is 1.86. The second-order valence-electron chi connectivity index (χ2n) is 5.04. The van der Waals surface area contributed by atoms with E-state index >= 15 is 0 Å². The van der Waals surface area contributed by atoms with E-state index in [0.717, 1.165) is 6.26 Å². The number of hydrogen-bond donors (Lipinski definition) is 3. The van der Waals surface area contributed by atoms with E-state index in [4.69, 9.17) is 5.73 Å². The molecule has 0 aliphatic carbocycles. The molecule has 0 heterocycles. The molecule has 0 radical (unpaired) electrons. The standard InChI is InChI=1S/C12H24N2O5S/c1-4-12(5-2,11(16)17)8-14-10(15)9(13)6-7-20(3,18)19/h9H,4-8,13H2,1-3H3,(H,14,15)(H,16,17). The highest BCUT2D eigenvalue weighted by molar-refractivity contribution is 7.90. The molecule has 8 heteroatoms. The fraction of sp³-hybridized carbons (Fsp3) is 0.833. The zero-order valence-electron chi connectivity index (χ0n) is 12.2. The average molecular weight is 308 g/mol. The summed E-state index contributed by atoms with van der Waals surface area (Å²) < 4.78 is 22.0. The highest BCUT2D eigenvalue weighted by atomic mass is 32.2. The Labute approximate surface area is 119 Å². The Morgan fingerprint density at radius 1 is 1.30 bits per heavy atom. The molecular formula is C12H24N2O5S. The van der Waals surface area contributed by atoms with E-state index in [1.165, 1.54) is 0 Å². The fourth-order valence-electron chi connectivity index (χ4n) is 1.74. The number of nitrogens with two attached hydrogens (primary N) is 1. The number of carbonyl (C=O) groups is 2. The molecule has 4 N–H and O–H groups in total. The lowest BCUT2D eigenvalue weighted by atomic mass is 9.82. The second kappa shape index (κ2) is 7.58. The van der Waals surface area contributed by atoms with Gasteiger partial charge in [-0.2, -0.15) is 0 Å². The van der Waals surface area contributed by atoms with E-state index in [0.29, 0.717) is 12.8 Å². The maximum absolute atomic E-state index is 11.7. The first-order valence-electron chi connectivity index (χ1n) is 6.52. The van der Waals surface area contributed by atoms with Crippen LogP contribution < -0.4 is 11.1 Å². The molecule has 0 fully saturated rings. The topological polar surface area (TPSA) is 127 Å². The van der Waals surface area contributed by atoms with Crippen molar-refractivity contribution < 1.29 is 23.1 Å². The van der Waals surface area contributed by atoms with Gasteiger partial charge in [-0.1, -0.05) is 13.8 Å². The number of nitrogens with one attached hydrogen (secondary N) is 1. The molecular weight excluding hydrogens is 284 g/mol. The molecule has 118 valence electrons. The van der Waals surface area contributed by atoms with Crippen molar-refractivity contribution in [2.24, 2.45) is 11.1 Å². The van der Waals surface area contributed by atoms with E-state index in [1.807, 2.05) is 0 Å². The highest BCUT2D eigenvalue weighted by Gasteiger charge is 2.35. The summed E-state index contributed by atoms with van der Waals surface area (Å²) in [5.41, 5.74) is 4.58. The summed E-state index contributed by atoms with van der Waals surface area (Å²) in [7, 11) is -3.17. The molecule has 0 rings (SSSR count). The third-order valence-corrected chi connectivity index (χ3v) is 4.52. The molecule has 0 saturated carbocycles. The van der Waals surface area contributed by atoms with Gasteiger partial charge in [0.15, 0.2) is 0 Å². The predicted molar refractivity (Wildman–Crippen MR) is 76.0 cm³/mol. The summed E-state index contributed by atoms with van der Waals surface area (Å²) in [6, 6.07) is -0.954. The number of aliphatic carboxylic acids is 1. The van der Waals surface area contributed by atoms with E-state index in [-0.39, 0.29) is 18.7 Å². The van der Waals surface area contributed by atoms with Crippen LogP contribution in [-0.2, 0) is 19.4 Å². The summed E-state index contributed by atoms with van der Waals surface area (Å²) >= 11 is 0. The molecule has 7 nitrogen and oxygen atoms in total. The largest absolute Gasteiger partial charge is 0.481 e. The summed E-state index contributed by atoms with van der Waals surface area (Å²) in [6.45, 7) is 3.47. The van der Waals surface area contributed by atoms with E-state index in [9.17, 15) is 23.1 Å². The number of hydrogen-bond acceptors (Lipinski definition) is 5. The van der Waals surface area contributed by atoms with Gasteiger partial charge in [0.25, 0.3) is 0 Å². The Bertz CT molecular complexity index is 443. The average Bonchev–Trinajstić information content (AvgIpc) is 2.36. The summed E-state index contributed by atoms with van der Waals surface area (Å²) in [5, 5.41) is 11.7. The Balaban J connectivity index is 4.50. The second-order valence-corrected chi connectivity index (χ2v) is 7.30. The molecule has 1 atom stereocenters. The molecule has 1 amide bonds. The van der Waals surface area contributed by atoms with Crippen molar-refractivity contribution >= 4 is 21.7 Å². The Morgan fingerprint density at radius 3 is 2.15 bits per heavy atom. The van der Waals surface area contributed by atoms with Gasteiger partial charge >= 0.3 is 5.97 Å². The zero-order valence-corrected chi connectivity index (χ0v) is 13.0. The van der Waals surface area contributed by atoms with Crippen LogP contribution in [0.15, 0.2) is 0 Å². The van der Waals surface area contributed by atoms with Crippen LogP contribution in [0.3, 0.4) is 0 Å². The van der Waals surface area contributed by atoms with E-state index in [2.05, 4.69) is 5.32 Å². The van der Waals surface area contributed by atoms with Crippen LogP contribution >= 0.6 is 0 Å². The molecule has 0 aliphatic heterocycles. The molecule has 0 spiro atoms. The minimum atomic E-state index is -3.17. The Morgan fingerprint density at radius 2 is 1.80 bits per heavy atom. The van der Waals surface area contributed by atoms with Gasteiger partial charge in [-0.05, 0) is 19.3 Å². The minimum Gasteiger partial charge on any atom is -0.481 e. The van der Waals surface area contributed by atoms with Crippen LogP contribution in [0.4, 0.5) is 0 Å². The first-order valence-corrected chi connectivity index (χ1v) is 8.58. The molecule has 0 saturated heterocycles. The molecule has 1 unspecified atom stereocenters. The number of amides is 1. The molecule has 0 aliphatic rings. The molecule has 20 heavy (non-hydrogen) atoms. The number of carboxylic acid groups (broad SMARTS) is 1. The van der Waals surface area contributed by atoms with Gasteiger partial charge in [-0.25, -0.2) is 8.42 Å². The maximum atomic E-state index is 11.7. The van der Waals surface area contributed by atoms with Crippen LogP contribution in [0.5, 0.6) is 0 Å². The monoisotopic (exact) mass is 308 g/mol. The number of carbonyl (C=O) groups excluding carboxylic acids is 1. The normalized spacial score (nSPS) is 13.8. The number of rotatable bonds is 9. The third kappa shape index (κ3) is 5.87. The van der Waals surface area contributed by atoms with Crippen molar-refractivity contribution in [3.05, 3.63) is 0 Å². The van der Waals surface area contributed by atoms with Crippen LogP contribution in [0.2, 0.25) is 0 Å². The van der Waals surface area contributed by atoms with Crippen LogP contribution in [0.25, 0.3) is 0 Å². The summed E-state index contributed by atoms with van der Waals surface area (Å²) in [5.74, 6) is -1.67. The lowest BCUT2D eigenvalue weighted by Crippen LogP contribution is -2.48. The SMILES string of the molecule is CCC(CC)(CNC(=O)C(N)CCS(C)(=O)=O)C(=O)O. The highest BCUT2D eigenvalue weighted by Crippen LogP contribution is 2.25. The van der Waals surface area contributed by atoms with Crippen molar-refractivity contribution in [1.82, 2.24) is 5.32 Å². The molecule has 0 aromatic carbocycles. The third-order valence-electron chi connectivity index (χ3n) is 3.54. The zero-order chi connectivity index (χ0) is 16.0.